The highest BCUT2D eigenvalue weighted by Crippen LogP contribution is 2.21. The molecule has 1 N–H and O–H groups in total. The fourth-order valence-corrected chi connectivity index (χ4v) is 3.22. The summed E-state index contributed by atoms with van der Waals surface area (Å²) in [4.78, 5) is 17.3. The highest BCUT2D eigenvalue weighted by molar-refractivity contribution is 5.92. The molecule has 0 spiro atoms. The van der Waals surface area contributed by atoms with Crippen LogP contribution in [0, 0.1) is 0 Å². The van der Waals surface area contributed by atoms with Crippen molar-refractivity contribution in [2.75, 3.05) is 18.5 Å². The molecule has 0 unspecified atom stereocenters. The topological polar surface area (TPSA) is 65.4 Å². The quantitative estimate of drug-likeness (QED) is 0.516. The number of aryl methyl sites for hydroxylation is 1. The van der Waals surface area contributed by atoms with E-state index in [4.69, 9.17) is 9.47 Å². The minimum absolute atomic E-state index is 0.0932. The Morgan fingerprint density at radius 1 is 1.17 bits per heavy atom. The molecular formula is C23H29N3O3. The van der Waals surface area contributed by atoms with Gasteiger partial charge in [-0.15, -0.1) is 0 Å². The number of carbonyl (C=O) groups is 1. The highest BCUT2D eigenvalue weighted by atomic mass is 16.5. The first kappa shape index (κ1) is 20.9. The maximum absolute atomic E-state index is 12.7. The first-order valence-electron chi connectivity index (χ1n) is 10.1. The van der Waals surface area contributed by atoms with Crippen LogP contribution in [0.3, 0.4) is 0 Å². The third-order valence-electron chi connectivity index (χ3n) is 4.42. The van der Waals surface area contributed by atoms with Crippen LogP contribution in [0.5, 0.6) is 5.75 Å². The van der Waals surface area contributed by atoms with Crippen molar-refractivity contribution in [2.45, 2.75) is 46.3 Å². The van der Waals surface area contributed by atoms with E-state index in [1.54, 1.807) is 0 Å². The number of rotatable bonds is 10. The van der Waals surface area contributed by atoms with E-state index in [2.05, 4.69) is 10.3 Å². The van der Waals surface area contributed by atoms with Crippen LogP contribution in [0.1, 0.15) is 32.8 Å². The number of aromatic nitrogens is 2. The molecule has 0 bridgehead atoms. The number of anilines is 1. The molecule has 3 aromatic rings. The number of nitrogens with zero attached hydrogens (tertiary/aromatic N) is 2. The monoisotopic (exact) mass is 395 g/mol. The molecule has 0 saturated heterocycles. The Morgan fingerprint density at radius 2 is 2.00 bits per heavy atom. The minimum Gasteiger partial charge on any atom is -0.491 e. The van der Waals surface area contributed by atoms with E-state index >= 15 is 0 Å². The summed E-state index contributed by atoms with van der Waals surface area (Å²) in [5, 5.41) is 2.98. The van der Waals surface area contributed by atoms with Gasteiger partial charge in [-0.05, 0) is 57.0 Å². The molecule has 29 heavy (non-hydrogen) atoms. The van der Waals surface area contributed by atoms with E-state index in [1.165, 1.54) is 0 Å². The van der Waals surface area contributed by atoms with Crippen LogP contribution in [-0.2, 0) is 22.5 Å². The molecule has 1 heterocycles. The number of hydrogen-bond donors (Lipinski definition) is 1. The Hall–Kier alpha value is -2.86. The van der Waals surface area contributed by atoms with Gasteiger partial charge in [0.2, 0.25) is 11.9 Å². The smallest absolute Gasteiger partial charge is 0.231 e. The lowest BCUT2D eigenvalue weighted by Gasteiger charge is -2.12. The summed E-state index contributed by atoms with van der Waals surface area (Å²) in [5.41, 5.74) is 2.78. The zero-order valence-corrected chi connectivity index (χ0v) is 17.4. The van der Waals surface area contributed by atoms with Gasteiger partial charge in [-0.1, -0.05) is 24.3 Å². The summed E-state index contributed by atoms with van der Waals surface area (Å²) in [7, 11) is 0. The first-order valence-corrected chi connectivity index (χ1v) is 10.1. The summed E-state index contributed by atoms with van der Waals surface area (Å²) in [5.74, 6) is 1.24. The molecule has 0 fully saturated rings. The average molecular weight is 396 g/mol. The van der Waals surface area contributed by atoms with E-state index in [0.29, 0.717) is 19.2 Å². The van der Waals surface area contributed by atoms with Gasteiger partial charge in [0.15, 0.2) is 0 Å². The van der Waals surface area contributed by atoms with Gasteiger partial charge < -0.3 is 14.0 Å². The molecule has 1 amide bonds. The minimum atomic E-state index is -0.104. The van der Waals surface area contributed by atoms with Gasteiger partial charge >= 0.3 is 0 Å². The molecular weight excluding hydrogens is 366 g/mol. The van der Waals surface area contributed by atoms with Gasteiger partial charge in [-0.25, -0.2) is 4.98 Å². The number of benzene rings is 2. The lowest BCUT2D eigenvalue weighted by atomic mass is 10.1. The lowest BCUT2D eigenvalue weighted by Crippen LogP contribution is -2.18. The number of imidazole rings is 1. The van der Waals surface area contributed by atoms with Crippen molar-refractivity contribution in [3.63, 3.8) is 0 Å². The molecule has 3 rings (SSSR count). The van der Waals surface area contributed by atoms with E-state index in [9.17, 15) is 4.79 Å². The van der Waals surface area contributed by atoms with Gasteiger partial charge in [0.1, 0.15) is 5.75 Å². The summed E-state index contributed by atoms with van der Waals surface area (Å²) in [6.07, 6.45) is 1.21. The van der Waals surface area contributed by atoms with E-state index in [-0.39, 0.29) is 18.4 Å². The highest BCUT2D eigenvalue weighted by Gasteiger charge is 2.14. The molecule has 0 aliphatic heterocycles. The number of fused-ring (bicyclic) bond motifs is 1. The van der Waals surface area contributed by atoms with Crippen LogP contribution in [0.15, 0.2) is 48.5 Å². The van der Waals surface area contributed by atoms with Gasteiger partial charge in [-0.3, -0.25) is 10.1 Å². The van der Waals surface area contributed by atoms with Crippen molar-refractivity contribution < 1.29 is 14.3 Å². The van der Waals surface area contributed by atoms with Gasteiger partial charge in [-0.2, -0.15) is 0 Å². The molecule has 0 saturated carbocycles. The molecule has 0 radical (unpaired) electrons. The largest absolute Gasteiger partial charge is 0.491 e. The number of para-hydroxylation sites is 2. The third kappa shape index (κ3) is 5.81. The van der Waals surface area contributed by atoms with Crippen molar-refractivity contribution in [1.29, 1.82) is 0 Å². The first-order chi connectivity index (χ1) is 14.1. The fraction of sp³-hybridized carbons (Fsp3) is 0.391. The number of nitrogens with one attached hydrogen (secondary N) is 1. The van der Waals surface area contributed by atoms with Gasteiger partial charge in [0.05, 0.1) is 23.6 Å². The van der Waals surface area contributed by atoms with Crippen molar-refractivity contribution in [3.8, 4) is 5.75 Å². The predicted molar refractivity (Wildman–Crippen MR) is 115 cm³/mol. The van der Waals surface area contributed by atoms with E-state index < -0.39 is 0 Å². The fourth-order valence-electron chi connectivity index (χ4n) is 3.22. The molecule has 0 aliphatic rings. The van der Waals surface area contributed by atoms with Crippen LogP contribution in [0.25, 0.3) is 11.0 Å². The lowest BCUT2D eigenvalue weighted by molar-refractivity contribution is -0.115. The van der Waals surface area contributed by atoms with E-state index in [1.807, 2.05) is 73.9 Å². The molecule has 1 aromatic heterocycles. The molecule has 154 valence electrons. The van der Waals surface area contributed by atoms with Gasteiger partial charge in [0, 0.05) is 19.8 Å². The Bertz CT molecular complexity index is 949. The van der Waals surface area contributed by atoms with Crippen molar-refractivity contribution >= 4 is 22.9 Å². The molecule has 6 nitrogen and oxygen atoms in total. The standard InChI is InChI=1S/C23H29N3O3/c1-4-28-14-8-13-26-21-12-6-5-11-20(21)24-23(26)25-22(27)16-18-9-7-10-19(15-18)29-17(2)3/h5-7,9-12,15,17H,4,8,13-14,16H2,1-3H3,(H,24,25,27). The SMILES string of the molecule is CCOCCCn1c(NC(=O)Cc2cccc(OC(C)C)c2)nc2ccccc21. The molecule has 6 heteroatoms. The van der Waals surface area contributed by atoms with Crippen LogP contribution in [0.4, 0.5) is 5.95 Å². The molecule has 2 aromatic carbocycles. The van der Waals surface area contributed by atoms with Crippen LogP contribution in [0.2, 0.25) is 0 Å². The van der Waals surface area contributed by atoms with Crippen molar-refractivity contribution in [2.24, 2.45) is 0 Å². The summed E-state index contributed by atoms with van der Waals surface area (Å²) >= 11 is 0. The summed E-state index contributed by atoms with van der Waals surface area (Å²) in [6, 6.07) is 15.5. The van der Waals surface area contributed by atoms with Crippen LogP contribution in [-0.4, -0.2) is 34.8 Å². The second kappa shape index (κ2) is 10.1. The Kier molecular flexibility index (Phi) is 7.25. The van der Waals surface area contributed by atoms with Gasteiger partial charge in [0.25, 0.3) is 0 Å². The summed E-state index contributed by atoms with van der Waals surface area (Å²) in [6.45, 7) is 8.06. The number of amides is 1. The second-order valence-electron chi connectivity index (χ2n) is 7.17. The van der Waals surface area contributed by atoms with Crippen molar-refractivity contribution in [3.05, 3.63) is 54.1 Å². The van der Waals surface area contributed by atoms with Crippen LogP contribution >= 0.6 is 0 Å². The maximum atomic E-state index is 12.7. The molecule has 0 aliphatic carbocycles. The molecule has 0 atom stereocenters. The Morgan fingerprint density at radius 3 is 2.79 bits per heavy atom. The zero-order chi connectivity index (χ0) is 20.6. The Labute approximate surface area is 171 Å². The van der Waals surface area contributed by atoms with Crippen molar-refractivity contribution in [1.82, 2.24) is 9.55 Å². The number of carbonyl (C=O) groups excluding carboxylic acids is 1. The normalized spacial score (nSPS) is 11.2. The third-order valence-corrected chi connectivity index (χ3v) is 4.42. The zero-order valence-electron chi connectivity index (χ0n) is 17.4. The average Bonchev–Trinajstić information content (AvgIpc) is 3.02. The summed E-state index contributed by atoms with van der Waals surface area (Å²) < 4.78 is 13.2. The maximum Gasteiger partial charge on any atom is 0.231 e. The number of ether oxygens (including phenoxy) is 2. The van der Waals surface area contributed by atoms with Crippen LogP contribution < -0.4 is 10.1 Å². The van der Waals surface area contributed by atoms with E-state index in [0.717, 1.165) is 35.3 Å². The number of hydrogen-bond acceptors (Lipinski definition) is 4. The Balaban J connectivity index is 1.72. The second-order valence-corrected chi connectivity index (χ2v) is 7.17. The predicted octanol–water partition coefficient (Wildman–Crippen LogP) is 4.43.